The molecule has 1 aromatic heterocycles. The Labute approximate surface area is 102 Å². The van der Waals surface area contributed by atoms with Gasteiger partial charge in [-0.25, -0.2) is 0 Å². The van der Waals surface area contributed by atoms with Crippen LogP contribution >= 0.6 is 11.6 Å². The predicted octanol–water partition coefficient (Wildman–Crippen LogP) is 0.261. The number of carbonyl (C=O) groups is 2. The molecule has 0 saturated carbocycles. The average Bonchev–Trinajstić information content (AvgIpc) is 2.28. The Bertz CT molecular complexity index is 409. The molecule has 0 bridgehead atoms. The van der Waals surface area contributed by atoms with Gasteiger partial charge in [-0.15, -0.1) is 10.2 Å². The molecule has 1 aromatic rings. The van der Waals surface area contributed by atoms with Crippen LogP contribution in [0.1, 0.15) is 12.8 Å². The topological polar surface area (TPSA) is 118 Å². The fraction of sp³-hybridized carbons (Fsp3) is 0.333. The van der Waals surface area contributed by atoms with E-state index in [9.17, 15) is 9.59 Å². The summed E-state index contributed by atoms with van der Waals surface area (Å²) in [7, 11) is 0. The largest absolute Gasteiger partial charge is 0.481 e. The van der Waals surface area contributed by atoms with Crippen molar-refractivity contribution in [3.8, 4) is 0 Å². The summed E-state index contributed by atoms with van der Waals surface area (Å²) in [5.74, 6) is -1.30. The van der Waals surface area contributed by atoms with Crippen molar-refractivity contribution >= 4 is 29.3 Å². The minimum atomic E-state index is -1.00. The van der Waals surface area contributed by atoms with E-state index in [0.717, 1.165) is 0 Å². The van der Waals surface area contributed by atoms with Crippen LogP contribution in [0.5, 0.6) is 0 Å². The zero-order chi connectivity index (χ0) is 12.8. The molecule has 0 saturated heterocycles. The molecular formula is C9H11ClN4O3. The smallest absolute Gasteiger partial charge is 0.303 e. The molecule has 7 nitrogen and oxygen atoms in total. The van der Waals surface area contributed by atoms with Crippen molar-refractivity contribution in [2.45, 2.75) is 18.9 Å². The number of carboxylic acids is 1. The monoisotopic (exact) mass is 258 g/mol. The number of aliphatic carboxylic acids is 1. The number of aromatic nitrogens is 2. The van der Waals surface area contributed by atoms with Gasteiger partial charge in [-0.1, -0.05) is 11.6 Å². The lowest BCUT2D eigenvalue weighted by molar-refractivity contribution is -0.137. The second-order valence-corrected chi connectivity index (χ2v) is 3.66. The highest BCUT2D eigenvalue weighted by molar-refractivity contribution is 6.29. The maximum absolute atomic E-state index is 11.5. The van der Waals surface area contributed by atoms with E-state index < -0.39 is 17.9 Å². The van der Waals surface area contributed by atoms with E-state index in [0.29, 0.717) is 0 Å². The number of amides is 1. The van der Waals surface area contributed by atoms with Crippen LogP contribution in [-0.4, -0.2) is 33.2 Å². The quantitative estimate of drug-likeness (QED) is 0.697. The molecule has 0 aliphatic carbocycles. The van der Waals surface area contributed by atoms with Crippen molar-refractivity contribution in [3.63, 3.8) is 0 Å². The van der Waals surface area contributed by atoms with Crippen LogP contribution in [0.3, 0.4) is 0 Å². The molecule has 4 N–H and O–H groups in total. The third kappa shape index (κ3) is 4.75. The lowest BCUT2D eigenvalue weighted by Gasteiger charge is -2.09. The van der Waals surface area contributed by atoms with Gasteiger partial charge in [0.25, 0.3) is 0 Å². The molecule has 1 rings (SSSR count). The summed E-state index contributed by atoms with van der Waals surface area (Å²) < 4.78 is 0. The molecule has 17 heavy (non-hydrogen) atoms. The van der Waals surface area contributed by atoms with Crippen LogP contribution in [-0.2, 0) is 9.59 Å². The highest BCUT2D eigenvalue weighted by Crippen LogP contribution is 2.07. The van der Waals surface area contributed by atoms with Crippen molar-refractivity contribution in [2.24, 2.45) is 5.73 Å². The van der Waals surface area contributed by atoms with E-state index in [4.69, 9.17) is 22.4 Å². The minimum Gasteiger partial charge on any atom is -0.481 e. The Balaban J connectivity index is 2.48. The fourth-order valence-corrected chi connectivity index (χ4v) is 1.11. The second kappa shape index (κ2) is 6.12. The van der Waals surface area contributed by atoms with Gasteiger partial charge < -0.3 is 16.2 Å². The SMILES string of the molecule is NC(CCC(=O)O)C(=O)Nc1ccc(Cl)nn1. The van der Waals surface area contributed by atoms with Gasteiger partial charge in [0.1, 0.15) is 0 Å². The number of hydrogen-bond donors (Lipinski definition) is 3. The van der Waals surface area contributed by atoms with Gasteiger partial charge in [-0.2, -0.15) is 0 Å². The van der Waals surface area contributed by atoms with Crippen molar-refractivity contribution in [3.05, 3.63) is 17.3 Å². The maximum Gasteiger partial charge on any atom is 0.303 e. The van der Waals surface area contributed by atoms with Crippen LogP contribution in [0, 0.1) is 0 Å². The van der Waals surface area contributed by atoms with E-state index in [1.807, 2.05) is 0 Å². The number of nitrogens with two attached hydrogens (primary N) is 1. The number of anilines is 1. The van der Waals surface area contributed by atoms with Crippen molar-refractivity contribution in [1.29, 1.82) is 0 Å². The van der Waals surface area contributed by atoms with Gasteiger partial charge in [0.2, 0.25) is 5.91 Å². The molecule has 0 aliphatic heterocycles. The number of nitrogens with one attached hydrogen (secondary N) is 1. The second-order valence-electron chi connectivity index (χ2n) is 3.27. The molecule has 1 heterocycles. The van der Waals surface area contributed by atoms with E-state index >= 15 is 0 Å². The van der Waals surface area contributed by atoms with Gasteiger partial charge in [-0.3, -0.25) is 9.59 Å². The molecule has 0 fully saturated rings. The van der Waals surface area contributed by atoms with Crippen molar-refractivity contribution in [2.75, 3.05) is 5.32 Å². The van der Waals surface area contributed by atoms with Gasteiger partial charge in [0.15, 0.2) is 11.0 Å². The molecule has 1 atom stereocenters. The van der Waals surface area contributed by atoms with Gasteiger partial charge >= 0.3 is 5.97 Å². The van der Waals surface area contributed by atoms with E-state index in [1.54, 1.807) is 0 Å². The fourth-order valence-electron chi connectivity index (χ4n) is 1.01. The van der Waals surface area contributed by atoms with Crippen molar-refractivity contribution < 1.29 is 14.7 Å². The molecule has 0 aliphatic rings. The molecule has 8 heteroatoms. The zero-order valence-electron chi connectivity index (χ0n) is 8.76. The standard InChI is InChI=1S/C9H11ClN4O3/c10-6-2-3-7(14-13-6)12-9(17)5(11)1-4-8(15)16/h2-3,5H,1,4,11H2,(H,15,16)(H,12,14,17). The molecular weight excluding hydrogens is 248 g/mol. The van der Waals surface area contributed by atoms with E-state index in [1.165, 1.54) is 12.1 Å². The summed E-state index contributed by atoms with van der Waals surface area (Å²) >= 11 is 5.52. The summed E-state index contributed by atoms with van der Waals surface area (Å²) in [5, 5.41) is 18.2. The number of rotatable bonds is 5. The van der Waals surface area contributed by atoms with E-state index in [-0.39, 0.29) is 23.8 Å². The molecule has 0 aromatic carbocycles. The number of nitrogens with zero attached hydrogens (tertiary/aromatic N) is 2. The van der Waals surface area contributed by atoms with Crippen LogP contribution in [0.25, 0.3) is 0 Å². The van der Waals surface area contributed by atoms with Crippen LogP contribution in [0.4, 0.5) is 5.82 Å². The molecule has 92 valence electrons. The first-order valence-corrected chi connectivity index (χ1v) is 5.14. The molecule has 1 amide bonds. The summed E-state index contributed by atoms with van der Waals surface area (Å²) in [6, 6.07) is 2.04. The minimum absolute atomic E-state index is 0.0577. The average molecular weight is 259 g/mol. The van der Waals surface area contributed by atoms with Gasteiger partial charge in [0, 0.05) is 6.42 Å². The Hall–Kier alpha value is -1.73. The summed E-state index contributed by atoms with van der Waals surface area (Å²) in [6.07, 6.45) is -0.108. The summed E-state index contributed by atoms with van der Waals surface area (Å²) in [4.78, 5) is 21.8. The summed E-state index contributed by atoms with van der Waals surface area (Å²) in [6.45, 7) is 0. The normalized spacial score (nSPS) is 11.9. The Kier molecular flexibility index (Phi) is 4.80. The Morgan fingerprint density at radius 3 is 2.71 bits per heavy atom. The lowest BCUT2D eigenvalue weighted by Crippen LogP contribution is -2.36. The summed E-state index contributed by atoms with van der Waals surface area (Å²) in [5.41, 5.74) is 5.49. The first-order valence-electron chi connectivity index (χ1n) is 4.76. The van der Waals surface area contributed by atoms with Crippen molar-refractivity contribution in [1.82, 2.24) is 10.2 Å². The number of halogens is 1. The Morgan fingerprint density at radius 2 is 2.18 bits per heavy atom. The predicted molar refractivity (Wildman–Crippen MR) is 60.5 cm³/mol. The van der Waals surface area contributed by atoms with Crippen LogP contribution in [0.15, 0.2) is 12.1 Å². The first-order chi connectivity index (χ1) is 7.99. The Morgan fingerprint density at radius 1 is 1.47 bits per heavy atom. The highest BCUT2D eigenvalue weighted by Gasteiger charge is 2.15. The van der Waals surface area contributed by atoms with Gasteiger partial charge in [0.05, 0.1) is 6.04 Å². The van der Waals surface area contributed by atoms with Crippen LogP contribution in [0.2, 0.25) is 5.15 Å². The van der Waals surface area contributed by atoms with Crippen LogP contribution < -0.4 is 11.1 Å². The number of carbonyl (C=O) groups excluding carboxylic acids is 1. The number of carboxylic acid groups (broad SMARTS) is 1. The molecule has 0 radical (unpaired) electrons. The third-order valence-corrected chi connectivity index (χ3v) is 2.09. The molecule has 0 spiro atoms. The lowest BCUT2D eigenvalue weighted by atomic mass is 10.1. The number of hydrogen-bond acceptors (Lipinski definition) is 5. The first kappa shape index (κ1) is 13.3. The highest BCUT2D eigenvalue weighted by atomic mass is 35.5. The third-order valence-electron chi connectivity index (χ3n) is 1.89. The zero-order valence-corrected chi connectivity index (χ0v) is 9.52. The van der Waals surface area contributed by atoms with E-state index in [2.05, 4.69) is 15.5 Å². The maximum atomic E-state index is 11.5. The van der Waals surface area contributed by atoms with Gasteiger partial charge in [-0.05, 0) is 18.6 Å². The molecule has 1 unspecified atom stereocenters.